The highest BCUT2D eigenvalue weighted by Gasteiger charge is 2.18. The lowest BCUT2D eigenvalue weighted by atomic mass is 10.1. The minimum atomic E-state index is -1.66. The van der Waals surface area contributed by atoms with E-state index in [4.69, 9.17) is 9.16 Å². The fourth-order valence-corrected chi connectivity index (χ4v) is 2.08. The van der Waals surface area contributed by atoms with E-state index in [1.807, 2.05) is 32.0 Å². The molecule has 0 aliphatic carbocycles. The lowest BCUT2D eigenvalue weighted by Crippen LogP contribution is -2.25. The topological polar surface area (TPSA) is 18.5 Å². The van der Waals surface area contributed by atoms with Crippen molar-refractivity contribution in [1.29, 1.82) is 0 Å². The van der Waals surface area contributed by atoms with Gasteiger partial charge in [-0.3, -0.25) is 0 Å². The molecule has 0 aliphatic rings. The van der Waals surface area contributed by atoms with Gasteiger partial charge in [0.05, 0.1) is 6.61 Å². The standard InChI is InChI=1S/C15H22O2Si/c1-6-16-15(17-18(3,4)5)12-13(2)14-10-8-7-9-11-14/h7-11H,6H2,1-5H3. The minimum absolute atomic E-state index is 0.512. The SMILES string of the molecule is CCOC(=C=C(C)c1ccccc1)O[Si](C)(C)C. The minimum Gasteiger partial charge on any atom is -0.514 e. The van der Waals surface area contributed by atoms with Gasteiger partial charge in [0.1, 0.15) is 0 Å². The Morgan fingerprint density at radius 3 is 2.28 bits per heavy atom. The van der Waals surface area contributed by atoms with Gasteiger partial charge in [-0.2, -0.15) is 0 Å². The van der Waals surface area contributed by atoms with Gasteiger partial charge in [-0.1, -0.05) is 30.3 Å². The Hall–Kier alpha value is -1.44. The van der Waals surface area contributed by atoms with E-state index >= 15 is 0 Å². The third kappa shape index (κ3) is 5.26. The molecule has 2 nitrogen and oxygen atoms in total. The zero-order valence-corrected chi connectivity index (χ0v) is 12.9. The predicted octanol–water partition coefficient (Wildman–Crippen LogP) is 4.42. The largest absolute Gasteiger partial charge is 0.514 e. The van der Waals surface area contributed by atoms with Crippen LogP contribution >= 0.6 is 0 Å². The van der Waals surface area contributed by atoms with E-state index in [-0.39, 0.29) is 0 Å². The zero-order valence-electron chi connectivity index (χ0n) is 11.9. The van der Waals surface area contributed by atoms with E-state index in [1.165, 1.54) is 0 Å². The molecule has 1 aromatic rings. The van der Waals surface area contributed by atoms with Gasteiger partial charge < -0.3 is 9.16 Å². The second-order valence-electron chi connectivity index (χ2n) is 5.05. The Morgan fingerprint density at radius 1 is 1.17 bits per heavy atom. The Balaban J connectivity index is 3.06. The molecule has 98 valence electrons. The van der Waals surface area contributed by atoms with Gasteiger partial charge >= 0.3 is 5.95 Å². The molecule has 0 bridgehead atoms. The maximum atomic E-state index is 5.87. The van der Waals surface area contributed by atoms with Crippen LogP contribution in [0.5, 0.6) is 0 Å². The van der Waals surface area contributed by atoms with Crippen molar-refractivity contribution in [3.63, 3.8) is 0 Å². The van der Waals surface area contributed by atoms with E-state index in [1.54, 1.807) is 0 Å². The molecule has 0 saturated carbocycles. The normalized spacial score (nSPS) is 10.5. The van der Waals surface area contributed by atoms with Crippen LogP contribution in [0.3, 0.4) is 0 Å². The van der Waals surface area contributed by atoms with Crippen LogP contribution in [0.2, 0.25) is 19.6 Å². The summed E-state index contributed by atoms with van der Waals surface area (Å²) in [7, 11) is -1.66. The Kier molecular flexibility index (Phi) is 5.26. The van der Waals surface area contributed by atoms with Crippen LogP contribution in [0.4, 0.5) is 0 Å². The lowest BCUT2D eigenvalue weighted by molar-refractivity contribution is 0.113. The maximum absolute atomic E-state index is 5.87. The van der Waals surface area contributed by atoms with Crippen molar-refractivity contribution in [3.8, 4) is 0 Å². The summed E-state index contributed by atoms with van der Waals surface area (Å²) in [6, 6.07) is 10.1. The fourth-order valence-electron chi connectivity index (χ4n) is 1.41. The second-order valence-corrected chi connectivity index (χ2v) is 9.48. The molecule has 18 heavy (non-hydrogen) atoms. The van der Waals surface area contributed by atoms with E-state index in [0.29, 0.717) is 12.6 Å². The number of rotatable bonds is 5. The molecule has 0 radical (unpaired) electrons. The molecular formula is C15H22O2Si. The molecule has 1 aromatic carbocycles. The van der Waals surface area contributed by atoms with Gasteiger partial charge in [-0.25, -0.2) is 0 Å². The maximum Gasteiger partial charge on any atom is 0.314 e. The van der Waals surface area contributed by atoms with Crippen LogP contribution in [0.1, 0.15) is 19.4 Å². The second kappa shape index (κ2) is 6.48. The molecule has 0 aliphatic heterocycles. The van der Waals surface area contributed by atoms with E-state index < -0.39 is 8.32 Å². The highest BCUT2D eigenvalue weighted by Crippen LogP contribution is 2.15. The zero-order chi connectivity index (χ0) is 13.6. The highest BCUT2D eigenvalue weighted by molar-refractivity contribution is 6.70. The monoisotopic (exact) mass is 262 g/mol. The van der Waals surface area contributed by atoms with Crippen LogP contribution in [-0.2, 0) is 9.16 Å². The number of benzene rings is 1. The fraction of sp³-hybridized carbons (Fsp3) is 0.400. The van der Waals surface area contributed by atoms with Crippen LogP contribution in [-0.4, -0.2) is 14.9 Å². The van der Waals surface area contributed by atoms with Gasteiger partial charge in [0.2, 0.25) is 8.32 Å². The number of allylic oxidation sites excluding steroid dienone is 1. The summed E-state index contributed by atoms with van der Waals surface area (Å²) < 4.78 is 11.4. The van der Waals surface area contributed by atoms with Crippen molar-refractivity contribution < 1.29 is 9.16 Å². The van der Waals surface area contributed by atoms with Crippen molar-refractivity contribution in [1.82, 2.24) is 0 Å². The summed E-state index contributed by atoms with van der Waals surface area (Å²) >= 11 is 0. The molecule has 0 saturated heterocycles. The van der Waals surface area contributed by atoms with Crippen molar-refractivity contribution in [2.75, 3.05) is 6.61 Å². The Labute approximate surface area is 111 Å². The first-order chi connectivity index (χ1) is 8.42. The van der Waals surface area contributed by atoms with Crippen LogP contribution < -0.4 is 0 Å². The molecule has 0 spiro atoms. The van der Waals surface area contributed by atoms with Crippen LogP contribution in [0.25, 0.3) is 5.57 Å². The quantitative estimate of drug-likeness (QED) is 0.444. The van der Waals surface area contributed by atoms with E-state index in [9.17, 15) is 0 Å². The molecular weight excluding hydrogens is 240 g/mol. The van der Waals surface area contributed by atoms with E-state index in [2.05, 4.69) is 37.5 Å². The summed E-state index contributed by atoms with van der Waals surface area (Å²) in [5.74, 6) is 0.512. The average molecular weight is 262 g/mol. The highest BCUT2D eigenvalue weighted by atomic mass is 28.4. The number of hydrogen-bond acceptors (Lipinski definition) is 2. The molecule has 0 fully saturated rings. The molecule has 0 unspecified atom stereocenters. The van der Waals surface area contributed by atoms with Crippen LogP contribution in [0.15, 0.2) is 42.0 Å². The first-order valence-corrected chi connectivity index (χ1v) is 9.68. The van der Waals surface area contributed by atoms with Gasteiger partial charge in [0, 0.05) is 5.57 Å². The summed E-state index contributed by atoms with van der Waals surface area (Å²) in [5.41, 5.74) is 5.37. The van der Waals surface area contributed by atoms with Crippen LogP contribution in [0, 0.1) is 0 Å². The number of hydrogen-bond donors (Lipinski definition) is 0. The predicted molar refractivity (Wildman–Crippen MR) is 78.6 cm³/mol. The van der Waals surface area contributed by atoms with Crippen molar-refractivity contribution in [2.45, 2.75) is 33.5 Å². The summed E-state index contributed by atoms with van der Waals surface area (Å²) in [6.07, 6.45) is 0. The van der Waals surface area contributed by atoms with Gasteiger partial charge in [-0.05, 0) is 44.8 Å². The first kappa shape index (κ1) is 14.6. The van der Waals surface area contributed by atoms with E-state index in [0.717, 1.165) is 11.1 Å². The van der Waals surface area contributed by atoms with Gasteiger partial charge in [-0.15, -0.1) is 0 Å². The smallest absolute Gasteiger partial charge is 0.314 e. The molecule has 3 heteroatoms. The summed E-state index contributed by atoms with van der Waals surface area (Å²) in [5, 5.41) is 0. The third-order valence-corrected chi connectivity index (χ3v) is 2.97. The third-order valence-electron chi connectivity index (χ3n) is 2.17. The Morgan fingerprint density at radius 2 is 1.78 bits per heavy atom. The molecule has 1 rings (SSSR count). The molecule has 0 amide bonds. The summed E-state index contributed by atoms with van der Waals surface area (Å²) in [6.45, 7) is 11.0. The first-order valence-electron chi connectivity index (χ1n) is 6.27. The van der Waals surface area contributed by atoms with Crippen molar-refractivity contribution >= 4 is 13.9 Å². The molecule has 0 heterocycles. The number of ether oxygens (including phenoxy) is 1. The molecule has 0 atom stereocenters. The van der Waals surface area contributed by atoms with Gasteiger partial charge in [0.15, 0.2) is 0 Å². The summed E-state index contributed by atoms with van der Waals surface area (Å²) in [4.78, 5) is 0. The average Bonchev–Trinajstić information content (AvgIpc) is 2.28. The van der Waals surface area contributed by atoms with Crippen molar-refractivity contribution in [3.05, 3.63) is 47.6 Å². The molecule has 0 aromatic heterocycles. The lowest BCUT2D eigenvalue weighted by Gasteiger charge is -2.19. The Bertz CT molecular complexity index is 437. The molecule has 0 N–H and O–H groups in total. The van der Waals surface area contributed by atoms with Gasteiger partial charge in [0.25, 0.3) is 0 Å². The van der Waals surface area contributed by atoms with Crippen molar-refractivity contribution in [2.24, 2.45) is 0 Å².